The van der Waals surface area contributed by atoms with Gasteiger partial charge in [0.15, 0.2) is 0 Å². The van der Waals surface area contributed by atoms with Gasteiger partial charge in [0, 0.05) is 29.8 Å². The van der Waals surface area contributed by atoms with Crippen LogP contribution in [0.3, 0.4) is 0 Å². The lowest BCUT2D eigenvalue weighted by molar-refractivity contribution is 0.734. The van der Waals surface area contributed by atoms with Gasteiger partial charge in [0.1, 0.15) is 17.5 Å². The number of rotatable bonds is 5. The van der Waals surface area contributed by atoms with E-state index in [0.717, 1.165) is 28.3 Å². The first kappa shape index (κ1) is 15.4. The molecule has 5 heteroatoms. The van der Waals surface area contributed by atoms with Crippen LogP contribution < -0.4 is 10.6 Å². The molecule has 1 heterocycles. The molecule has 2 unspecified atom stereocenters. The van der Waals surface area contributed by atoms with Gasteiger partial charge in [-0.05, 0) is 32.4 Å². The average molecular weight is 294 g/mol. The summed E-state index contributed by atoms with van der Waals surface area (Å²) in [6, 6.07) is 0.547. The summed E-state index contributed by atoms with van der Waals surface area (Å²) in [6.45, 7) is 6.35. The lowest BCUT2D eigenvalue weighted by Gasteiger charge is -2.18. The Morgan fingerprint density at radius 1 is 1.20 bits per heavy atom. The lowest BCUT2D eigenvalue weighted by Crippen LogP contribution is -2.19. The van der Waals surface area contributed by atoms with Crippen molar-refractivity contribution in [2.24, 2.45) is 0 Å². The smallest absolute Gasteiger partial charge is 0.135 e. The summed E-state index contributed by atoms with van der Waals surface area (Å²) in [4.78, 5) is 9.32. The van der Waals surface area contributed by atoms with Gasteiger partial charge in [-0.3, -0.25) is 0 Å². The molecule has 1 fully saturated rings. The molecule has 1 aliphatic rings. The van der Waals surface area contributed by atoms with E-state index in [1.807, 2.05) is 18.8 Å². The van der Waals surface area contributed by atoms with Crippen molar-refractivity contribution in [2.45, 2.75) is 57.2 Å². The highest BCUT2D eigenvalue weighted by Gasteiger charge is 2.25. The molecule has 2 atom stereocenters. The Hall–Kier alpha value is -0.970. The minimum atomic E-state index is 0.339. The summed E-state index contributed by atoms with van der Waals surface area (Å²) in [5.41, 5.74) is 1.12. The van der Waals surface area contributed by atoms with Crippen molar-refractivity contribution in [3.63, 3.8) is 0 Å². The third kappa shape index (κ3) is 3.37. The van der Waals surface area contributed by atoms with Crippen LogP contribution in [-0.4, -0.2) is 34.6 Å². The Balaban J connectivity index is 2.20. The van der Waals surface area contributed by atoms with E-state index in [1.54, 1.807) is 0 Å². The monoisotopic (exact) mass is 294 g/mol. The number of anilines is 2. The normalized spacial score (nSPS) is 22.3. The summed E-state index contributed by atoms with van der Waals surface area (Å²) in [5.74, 6) is 3.18. The highest BCUT2D eigenvalue weighted by Crippen LogP contribution is 2.31. The van der Waals surface area contributed by atoms with Gasteiger partial charge < -0.3 is 10.6 Å². The zero-order chi connectivity index (χ0) is 14.7. The van der Waals surface area contributed by atoms with E-state index in [1.165, 1.54) is 19.3 Å². The summed E-state index contributed by atoms with van der Waals surface area (Å²) >= 11 is 1.98. The molecule has 2 N–H and O–H groups in total. The largest absolute Gasteiger partial charge is 0.373 e. The molecule has 0 radical (unpaired) electrons. The number of hydrogen-bond donors (Lipinski definition) is 2. The second-order valence-corrected chi connectivity index (χ2v) is 6.96. The van der Waals surface area contributed by atoms with E-state index in [4.69, 9.17) is 4.98 Å². The van der Waals surface area contributed by atoms with E-state index in [0.29, 0.717) is 12.0 Å². The first-order chi connectivity index (χ1) is 9.55. The highest BCUT2D eigenvalue weighted by molar-refractivity contribution is 7.99. The first-order valence-corrected chi connectivity index (χ1v) is 8.69. The quantitative estimate of drug-likeness (QED) is 0.868. The lowest BCUT2D eigenvalue weighted by atomic mass is 10.2. The average Bonchev–Trinajstić information content (AvgIpc) is 2.88. The minimum absolute atomic E-state index is 0.339. The van der Waals surface area contributed by atoms with Gasteiger partial charge in [-0.25, -0.2) is 9.97 Å². The van der Waals surface area contributed by atoms with Crippen LogP contribution >= 0.6 is 11.8 Å². The van der Waals surface area contributed by atoms with Gasteiger partial charge in [-0.15, -0.1) is 0 Å². The Morgan fingerprint density at radius 2 is 1.90 bits per heavy atom. The summed E-state index contributed by atoms with van der Waals surface area (Å²) in [5, 5.41) is 7.61. The van der Waals surface area contributed by atoms with Gasteiger partial charge in [0.05, 0.1) is 0 Å². The van der Waals surface area contributed by atoms with Gasteiger partial charge in [-0.1, -0.05) is 13.8 Å². The summed E-state index contributed by atoms with van der Waals surface area (Å²) in [6.07, 6.45) is 5.98. The van der Waals surface area contributed by atoms with Crippen molar-refractivity contribution in [3.05, 3.63) is 11.4 Å². The first-order valence-electron chi connectivity index (χ1n) is 7.40. The van der Waals surface area contributed by atoms with Crippen LogP contribution in [0.4, 0.5) is 11.6 Å². The fourth-order valence-corrected chi connectivity index (χ4v) is 3.45. The molecular weight excluding hydrogens is 268 g/mol. The van der Waals surface area contributed by atoms with E-state index in [-0.39, 0.29) is 0 Å². The van der Waals surface area contributed by atoms with Crippen molar-refractivity contribution < 1.29 is 0 Å². The Kier molecular flexibility index (Phi) is 5.13. The summed E-state index contributed by atoms with van der Waals surface area (Å²) in [7, 11) is 1.92. The molecule has 0 bridgehead atoms. The molecule has 1 aromatic rings. The van der Waals surface area contributed by atoms with Gasteiger partial charge in [-0.2, -0.15) is 11.8 Å². The SMILES string of the molecule is CNc1nc(C(C)C)nc(NC2CCC(SC)C2)c1C. The Bertz CT molecular complexity index is 461. The number of aromatic nitrogens is 2. The molecule has 2 rings (SSSR count). The third-order valence-electron chi connectivity index (χ3n) is 3.98. The third-order valence-corrected chi connectivity index (χ3v) is 5.07. The molecule has 1 aliphatic carbocycles. The maximum absolute atomic E-state index is 4.73. The number of nitrogens with zero attached hydrogens (tertiary/aromatic N) is 2. The zero-order valence-corrected chi connectivity index (χ0v) is 14.0. The molecule has 1 aromatic heterocycles. The molecular formula is C15H26N4S. The molecule has 4 nitrogen and oxygen atoms in total. The van der Waals surface area contributed by atoms with Crippen molar-refractivity contribution in [2.75, 3.05) is 23.9 Å². The van der Waals surface area contributed by atoms with Crippen LogP contribution in [0.2, 0.25) is 0 Å². The molecule has 0 saturated heterocycles. The topological polar surface area (TPSA) is 49.8 Å². The van der Waals surface area contributed by atoms with Crippen LogP contribution in [0.15, 0.2) is 0 Å². The Labute approximate surface area is 126 Å². The van der Waals surface area contributed by atoms with Crippen LogP contribution in [0.1, 0.15) is 50.4 Å². The van der Waals surface area contributed by atoms with E-state index >= 15 is 0 Å². The second kappa shape index (κ2) is 6.66. The molecule has 1 saturated carbocycles. The molecule has 112 valence electrons. The van der Waals surface area contributed by atoms with E-state index in [2.05, 4.69) is 42.6 Å². The predicted octanol–water partition coefficient (Wildman–Crippen LogP) is 3.65. The van der Waals surface area contributed by atoms with Crippen LogP contribution in [0.5, 0.6) is 0 Å². The molecule has 0 aliphatic heterocycles. The van der Waals surface area contributed by atoms with Gasteiger partial charge in [0.25, 0.3) is 0 Å². The molecule has 0 aromatic carbocycles. The standard InChI is InChI=1S/C15H26N4S/c1-9(2)13-18-14(16-4)10(3)15(19-13)17-11-6-7-12(8-11)20-5/h9,11-12H,6-8H2,1-5H3,(H2,16,17,18,19). The van der Waals surface area contributed by atoms with E-state index in [9.17, 15) is 0 Å². The zero-order valence-electron chi connectivity index (χ0n) is 13.2. The van der Waals surface area contributed by atoms with Crippen LogP contribution in [-0.2, 0) is 0 Å². The van der Waals surface area contributed by atoms with Crippen LogP contribution in [0, 0.1) is 6.92 Å². The second-order valence-electron chi connectivity index (χ2n) is 5.82. The van der Waals surface area contributed by atoms with Crippen molar-refractivity contribution in [1.82, 2.24) is 9.97 Å². The van der Waals surface area contributed by atoms with Gasteiger partial charge in [0.2, 0.25) is 0 Å². The highest BCUT2D eigenvalue weighted by atomic mass is 32.2. The van der Waals surface area contributed by atoms with E-state index < -0.39 is 0 Å². The number of hydrogen-bond acceptors (Lipinski definition) is 5. The fraction of sp³-hybridized carbons (Fsp3) is 0.733. The maximum atomic E-state index is 4.73. The fourth-order valence-electron chi connectivity index (χ4n) is 2.65. The van der Waals surface area contributed by atoms with Crippen molar-refractivity contribution in [3.8, 4) is 0 Å². The van der Waals surface area contributed by atoms with Crippen molar-refractivity contribution in [1.29, 1.82) is 0 Å². The number of thioether (sulfide) groups is 1. The molecule has 0 spiro atoms. The molecule has 20 heavy (non-hydrogen) atoms. The maximum Gasteiger partial charge on any atom is 0.135 e. The summed E-state index contributed by atoms with van der Waals surface area (Å²) < 4.78 is 0. The van der Waals surface area contributed by atoms with Gasteiger partial charge >= 0.3 is 0 Å². The predicted molar refractivity (Wildman–Crippen MR) is 89.0 cm³/mol. The van der Waals surface area contributed by atoms with Crippen LogP contribution in [0.25, 0.3) is 0 Å². The number of nitrogens with one attached hydrogen (secondary N) is 2. The minimum Gasteiger partial charge on any atom is -0.373 e. The Morgan fingerprint density at radius 3 is 2.45 bits per heavy atom. The molecule has 0 amide bonds. The van der Waals surface area contributed by atoms with Crippen molar-refractivity contribution >= 4 is 23.4 Å².